The van der Waals surface area contributed by atoms with Gasteiger partial charge in [-0.3, -0.25) is 9.48 Å². The molecule has 5 nitrogen and oxygen atoms in total. The summed E-state index contributed by atoms with van der Waals surface area (Å²) in [4.78, 5) is 12.1. The van der Waals surface area contributed by atoms with Crippen molar-refractivity contribution >= 4 is 17.5 Å². The Hall–Kier alpha value is -1.85. The molecule has 1 aliphatic heterocycles. The minimum absolute atomic E-state index is 0.0580. The summed E-state index contributed by atoms with van der Waals surface area (Å²) in [6, 6.07) is 7.91. The molecule has 122 valence electrons. The summed E-state index contributed by atoms with van der Waals surface area (Å²) in [7, 11) is 0. The zero-order chi connectivity index (χ0) is 16.1. The van der Waals surface area contributed by atoms with Gasteiger partial charge < -0.3 is 10.6 Å². The minimum Gasteiger partial charge on any atom is -0.350 e. The number of rotatable bonds is 6. The number of carbonyl (C=O) groups is 1. The van der Waals surface area contributed by atoms with Crippen LogP contribution in [0.25, 0.3) is 0 Å². The van der Waals surface area contributed by atoms with Gasteiger partial charge in [-0.2, -0.15) is 5.10 Å². The van der Waals surface area contributed by atoms with E-state index >= 15 is 0 Å². The SMILES string of the molecule is O=C(NCCn1cc(Cl)cn1)c1ccc(CC2CCNC2)cc1. The topological polar surface area (TPSA) is 59.0 Å². The van der Waals surface area contributed by atoms with Crippen molar-refractivity contribution in [2.24, 2.45) is 5.92 Å². The summed E-state index contributed by atoms with van der Waals surface area (Å²) < 4.78 is 1.71. The van der Waals surface area contributed by atoms with Gasteiger partial charge in [0.2, 0.25) is 0 Å². The van der Waals surface area contributed by atoms with Crippen molar-refractivity contribution < 1.29 is 4.79 Å². The zero-order valence-corrected chi connectivity index (χ0v) is 13.7. The molecule has 0 aliphatic carbocycles. The van der Waals surface area contributed by atoms with Gasteiger partial charge in [-0.15, -0.1) is 0 Å². The highest BCUT2D eigenvalue weighted by molar-refractivity contribution is 6.30. The van der Waals surface area contributed by atoms with E-state index in [4.69, 9.17) is 11.6 Å². The van der Waals surface area contributed by atoms with E-state index in [2.05, 4.69) is 27.9 Å². The van der Waals surface area contributed by atoms with Crippen LogP contribution in [0, 0.1) is 5.92 Å². The average molecular weight is 333 g/mol. The maximum absolute atomic E-state index is 12.1. The van der Waals surface area contributed by atoms with Gasteiger partial charge in [-0.1, -0.05) is 23.7 Å². The Morgan fingerprint density at radius 1 is 1.39 bits per heavy atom. The molecule has 6 heteroatoms. The van der Waals surface area contributed by atoms with Gasteiger partial charge in [0.05, 0.1) is 17.8 Å². The second kappa shape index (κ2) is 7.62. The number of nitrogens with zero attached hydrogens (tertiary/aromatic N) is 2. The molecule has 1 aromatic carbocycles. The van der Waals surface area contributed by atoms with Crippen molar-refractivity contribution in [3.63, 3.8) is 0 Å². The highest BCUT2D eigenvalue weighted by Gasteiger charge is 2.15. The van der Waals surface area contributed by atoms with Crippen LogP contribution in [0.5, 0.6) is 0 Å². The number of hydrogen-bond donors (Lipinski definition) is 2. The molecule has 1 saturated heterocycles. The number of amides is 1. The Bertz CT molecular complexity index is 647. The highest BCUT2D eigenvalue weighted by atomic mass is 35.5. The van der Waals surface area contributed by atoms with Crippen molar-refractivity contribution in [1.29, 1.82) is 0 Å². The van der Waals surface area contributed by atoms with Crippen molar-refractivity contribution in [2.45, 2.75) is 19.4 Å². The van der Waals surface area contributed by atoms with Gasteiger partial charge in [-0.25, -0.2) is 0 Å². The van der Waals surface area contributed by atoms with Crippen molar-refractivity contribution in [3.8, 4) is 0 Å². The van der Waals surface area contributed by atoms with Crippen LogP contribution in [0.3, 0.4) is 0 Å². The molecular formula is C17H21ClN4O. The first-order chi connectivity index (χ1) is 11.2. The van der Waals surface area contributed by atoms with Gasteiger partial charge >= 0.3 is 0 Å². The molecule has 2 aromatic rings. The van der Waals surface area contributed by atoms with Crippen LogP contribution < -0.4 is 10.6 Å². The van der Waals surface area contributed by atoms with Crippen LogP contribution in [0.4, 0.5) is 0 Å². The molecule has 0 bridgehead atoms. The van der Waals surface area contributed by atoms with E-state index in [-0.39, 0.29) is 5.91 Å². The molecule has 0 radical (unpaired) electrons. The van der Waals surface area contributed by atoms with E-state index in [9.17, 15) is 4.79 Å². The Morgan fingerprint density at radius 3 is 2.87 bits per heavy atom. The van der Waals surface area contributed by atoms with Crippen molar-refractivity contribution in [2.75, 3.05) is 19.6 Å². The average Bonchev–Trinajstić information content (AvgIpc) is 3.20. The van der Waals surface area contributed by atoms with Crippen LogP contribution in [-0.4, -0.2) is 35.3 Å². The molecule has 1 aromatic heterocycles. The fourth-order valence-corrected chi connectivity index (χ4v) is 3.02. The molecule has 0 saturated carbocycles. The second-order valence-electron chi connectivity index (χ2n) is 5.94. The van der Waals surface area contributed by atoms with Gasteiger partial charge in [0.25, 0.3) is 5.91 Å². The minimum atomic E-state index is -0.0580. The zero-order valence-electron chi connectivity index (χ0n) is 13.0. The first kappa shape index (κ1) is 16.0. The van der Waals surface area contributed by atoms with Crippen LogP contribution in [0.2, 0.25) is 5.02 Å². The maximum atomic E-state index is 12.1. The lowest BCUT2D eigenvalue weighted by atomic mass is 9.98. The van der Waals surface area contributed by atoms with Gasteiger partial charge in [0, 0.05) is 18.3 Å². The number of hydrogen-bond acceptors (Lipinski definition) is 3. The predicted octanol–water partition coefficient (Wildman–Crippen LogP) is 2.12. The highest BCUT2D eigenvalue weighted by Crippen LogP contribution is 2.15. The van der Waals surface area contributed by atoms with E-state index < -0.39 is 0 Å². The largest absolute Gasteiger partial charge is 0.350 e. The molecule has 1 unspecified atom stereocenters. The molecular weight excluding hydrogens is 312 g/mol. The predicted molar refractivity (Wildman–Crippen MR) is 90.7 cm³/mol. The van der Waals surface area contributed by atoms with Crippen molar-refractivity contribution in [1.82, 2.24) is 20.4 Å². The monoisotopic (exact) mass is 332 g/mol. The van der Waals surface area contributed by atoms with Gasteiger partial charge in [0.1, 0.15) is 0 Å². The van der Waals surface area contributed by atoms with Crippen molar-refractivity contribution in [3.05, 3.63) is 52.8 Å². The third-order valence-electron chi connectivity index (χ3n) is 4.13. The summed E-state index contributed by atoms with van der Waals surface area (Å²) in [6.07, 6.45) is 5.64. The molecule has 3 rings (SSSR count). The molecule has 1 aliphatic rings. The maximum Gasteiger partial charge on any atom is 0.251 e. The van der Waals surface area contributed by atoms with E-state index in [1.807, 2.05) is 12.1 Å². The molecule has 2 heterocycles. The summed E-state index contributed by atoms with van der Waals surface area (Å²) in [6.45, 7) is 3.34. The van der Waals surface area contributed by atoms with E-state index in [0.717, 1.165) is 25.4 Å². The lowest BCUT2D eigenvalue weighted by molar-refractivity contribution is 0.0952. The lowest BCUT2D eigenvalue weighted by Gasteiger charge is -2.09. The van der Waals surface area contributed by atoms with Crippen LogP contribution in [0.1, 0.15) is 22.3 Å². The number of aromatic nitrogens is 2. The Morgan fingerprint density at radius 2 is 2.22 bits per heavy atom. The summed E-state index contributed by atoms with van der Waals surface area (Å²) >= 11 is 5.80. The molecule has 0 spiro atoms. The summed E-state index contributed by atoms with van der Waals surface area (Å²) in [5.41, 5.74) is 1.98. The number of benzene rings is 1. The standard InChI is InChI=1S/C17H21ClN4O/c18-16-11-21-22(12-16)8-7-20-17(23)15-3-1-13(2-4-15)9-14-5-6-19-10-14/h1-4,11-12,14,19H,5-10H2,(H,20,23). The normalized spacial score (nSPS) is 17.3. The van der Waals surface area contributed by atoms with Crippen LogP contribution >= 0.6 is 11.6 Å². The summed E-state index contributed by atoms with van der Waals surface area (Å²) in [5, 5.41) is 11.0. The fraction of sp³-hybridized carbons (Fsp3) is 0.412. The molecule has 1 atom stereocenters. The van der Waals surface area contributed by atoms with E-state index in [0.29, 0.717) is 23.7 Å². The first-order valence-corrected chi connectivity index (χ1v) is 8.34. The Kier molecular flexibility index (Phi) is 5.31. The van der Waals surface area contributed by atoms with E-state index in [1.165, 1.54) is 12.0 Å². The third kappa shape index (κ3) is 4.56. The molecule has 1 fully saturated rings. The van der Waals surface area contributed by atoms with Gasteiger partial charge in [-0.05, 0) is 49.5 Å². The van der Waals surface area contributed by atoms with Crippen LogP contribution in [0.15, 0.2) is 36.7 Å². The molecule has 2 N–H and O–H groups in total. The second-order valence-corrected chi connectivity index (χ2v) is 6.37. The molecule has 1 amide bonds. The van der Waals surface area contributed by atoms with Gasteiger partial charge in [0.15, 0.2) is 0 Å². The Balaban J connectivity index is 1.47. The third-order valence-corrected chi connectivity index (χ3v) is 4.33. The fourth-order valence-electron chi connectivity index (χ4n) is 2.86. The van der Waals surface area contributed by atoms with Crippen LogP contribution in [-0.2, 0) is 13.0 Å². The lowest BCUT2D eigenvalue weighted by Crippen LogP contribution is -2.27. The quantitative estimate of drug-likeness (QED) is 0.852. The Labute approximate surface area is 141 Å². The number of nitrogens with one attached hydrogen (secondary N) is 2. The summed E-state index contributed by atoms with van der Waals surface area (Å²) in [5.74, 6) is 0.660. The number of halogens is 1. The smallest absolute Gasteiger partial charge is 0.251 e. The first-order valence-electron chi connectivity index (χ1n) is 7.96. The number of carbonyl (C=O) groups excluding carboxylic acids is 1. The molecule has 23 heavy (non-hydrogen) atoms. The van der Waals surface area contributed by atoms with E-state index in [1.54, 1.807) is 17.1 Å².